The quantitative estimate of drug-likeness (QED) is 0.787. The molecule has 2 aromatic rings. The van der Waals surface area contributed by atoms with E-state index in [-0.39, 0.29) is 28.7 Å². The Labute approximate surface area is 177 Å². The van der Waals surface area contributed by atoms with Crippen molar-refractivity contribution in [1.82, 2.24) is 9.88 Å². The minimum atomic E-state index is -3.50. The largest absolute Gasteiger partial charge is 0.350 e. The average Bonchev–Trinajstić information content (AvgIpc) is 2.96. The normalized spacial score (nSPS) is 15.2. The van der Waals surface area contributed by atoms with Gasteiger partial charge in [-0.15, -0.1) is 0 Å². The van der Waals surface area contributed by atoms with Gasteiger partial charge in [0, 0.05) is 43.4 Å². The minimum absolute atomic E-state index is 0.00351. The maximum absolute atomic E-state index is 13.1. The van der Waals surface area contributed by atoms with Crippen LogP contribution >= 0.6 is 0 Å². The van der Waals surface area contributed by atoms with Gasteiger partial charge in [-0.25, -0.2) is 8.42 Å². The first-order chi connectivity index (χ1) is 13.9. The summed E-state index contributed by atoms with van der Waals surface area (Å²) < 4.78 is 26.4. The molecule has 1 N–H and O–H groups in total. The molecular formula is C23H28N2O4S. The van der Waals surface area contributed by atoms with E-state index in [4.69, 9.17) is 0 Å². The molecule has 1 heterocycles. The number of ketones is 1. The lowest BCUT2D eigenvalue weighted by atomic mass is 9.92. The van der Waals surface area contributed by atoms with Crippen LogP contribution in [0.15, 0.2) is 46.0 Å². The van der Waals surface area contributed by atoms with Crippen LogP contribution in [0.5, 0.6) is 0 Å². The number of amides is 1. The Morgan fingerprint density at radius 2 is 1.90 bits per heavy atom. The number of rotatable bonds is 5. The zero-order chi connectivity index (χ0) is 22.4. The van der Waals surface area contributed by atoms with Crippen molar-refractivity contribution in [3.05, 3.63) is 52.3 Å². The van der Waals surface area contributed by atoms with Gasteiger partial charge >= 0.3 is 0 Å². The standard InChI is InChI=1S/C23H28N2O4S/c1-13(2)20-12-25(5)22-17(20)9-16(30(6,28)29)10-18(22)23(27)24-11-19-15(4)7-14(3)8-21(19)26/h7,9-10,12-13H,8,11H2,1-6H3,(H,24,27). The van der Waals surface area contributed by atoms with E-state index in [1.807, 2.05) is 51.6 Å². The number of aromatic nitrogens is 1. The summed E-state index contributed by atoms with van der Waals surface area (Å²) in [6, 6.07) is 3.06. The maximum atomic E-state index is 13.1. The number of hydrogen-bond donors (Lipinski definition) is 1. The second-order valence-electron chi connectivity index (χ2n) is 8.42. The topological polar surface area (TPSA) is 85.2 Å². The number of carbonyl (C=O) groups excluding carboxylic acids is 2. The Balaban J connectivity index is 2.07. The van der Waals surface area contributed by atoms with Crippen LogP contribution in [0.3, 0.4) is 0 Å². The predicted molar refractivity (Wildman–Crippen MR) is 119 cm³/mol. The van der Waals surface area contributed by atoms with Crippen molar-refractivity contribution in [2.45, 2.75) is 44.9 Å². The molecule has 1 aliphatic rings. The van der Waals surface area contributed by atoms with Gasteiger partial charge in [-0.05, 0) is 43.0 Å². The van der Waals surface area contributed by atoms with Crippen molar-refractivity contribution in [2.24, 2.45) is 7.05 Å². The summed E-state index contributed by atoms with van der Waals surface area (Å²) in [4.78, 5) is 25.6. The highest BCUT2D eigenvalue weighted by atomic mass is 32.2. The number of hydrogen-bond acceptors (Lipinski definition) is 4. The summed E-state index contributed by atoms with van der Waals surface area (Å²) in [5, 5.41) is 3.58. The van der Waals surface area contributed by atoms with Crippen LogP contribution in [-0.4, -0.2) is 37.5 Å². The van der Waals surface area contributed by atoms with Crippen molar-refractivity contribution in [3.8, 4) is 0 Å². The molecular weight excluding hydrogens is 400 g/mol. The van der Waals surface area contributed by atoms with E-state index in [1.165, 1.54) is 6.07 Å². The molecule has 1 amide bonds. The van der Waals surface area contributed by atoms with Gasteiger partial charge in [0.2, 0.25) is 0 Å². The number of sulfone groups is 1. The molecule has 0 atom stereocenters. The Morgan fingerprint density at radius 3 is 2.47 bits per heavy atom. The first-order valence-corrected chi connectivity index (χ1v) is 11.8. The van der Waals surface area contributed by atoms with Gasteiger partial charge in [-0.3, -0.25) is 9.59 Å². The first-order valence-electron chi connectivity index (χ1n) is 9.91. The Hall–Kier alpha value is -2.67. The number of aryl methyl sites for hydroxylation is 1. The number of nitrogens with one attached hydrogen (secondary N) is 1. The van der Waals surface area contributed by atoms with E-state index in [9.17, 15) is 18.0 Å². The smallest absolute Gasteiger partial charge is 0.253 e. The number of nitrogens with zero attached hydrogens (tertiary/aromatic N) is 1. The van der Waals surface area contributed by atoms with Gasteiger partial charge in [-0.1, -0.05) is 25.5 Å². The SMILES string of the molecule is CC1=CC(C)=C(CNC(=O)c2cc(S(C)(=O)=O)cc3c(C(C)C)cn(C)c23)C(=O)C1. The van der Waals surface area contributed by atoms with Gasteiger partial charge < -0.3 is 9.88 Å². The van der Waals surface area contributed by atoms with Crippen LogP contribution < -0.4 is 5.32 Å². The molecule has 1 aromatic carbocycles. The van der Waals surface area contributed by atoms with Crippen LogP contribution in [0.1, 0.15) is 56.0 Å². The highest BCUT2D eigenvalue weighted by Crippen LogP contribution is 2.32. The zero-order valence-corrected chi connectivity index (χ0v) is 19.1. The van der Waals surface area contributed by atoms with Gasteiger partial charge in [-0.2, -0.15) is 0 Å². The molecule has 0 unspecified atom stereocenters. The van der Waals surface area contributed by atoms with Crippen LogP contribution in [0.25, 0.3) is 10.9 Å². The lowest BCUT2D eigenvalue weighted by Crippen LogP contribution is -2.29. The van der Waals surface area contributed by atoms with Gasteiger partial charge in [0.05, 0.1) is 16.0 Å². The molecule has 0 fully saturated rings. The van der Waals surface area contributed by atoms with E-state index in [1.54, 1.807) is 6.07 Å². The lowest BCUT2D eigenvalue weighted by molar-refractivity contribution is -0.115. The summed E-state index contributed by atoms with van der Waals surface area (Å²) in [6.07, 6.45) is 5.38. The van der Waals surface area contributed by atoms with Crippen molar-refractivity contribution in [3.63, 3.8) is 0 Å². The highest BCUT2D eigenvalue weighted by molar-refractivity contribution is 7.90. The van der Waals surface area contributed by atoms with E-state index >= 15 is 0 Å². The third kappa shape index (κ3) is 4.12. The molecule has 6 nitrogen and oxygen atoms in total. The lowest BCUT2D eigenvalue weighted by Gasteiger charge is -2.16. The molecule has 1 aliphatic carbocycles. The molecule has 0 bridgehead atoms. The zero-order valence-electron chi connectivity index (χ0n) is 18.3. The van der Waals surface area contributed by atoms with E-state index < -0.39 is 15.7 Å². The summed E-state index contributed by atoms with van der Waals surface area (Å²) in [5.74, 6) is -0.229. The number of benzene rings is 1. The van der Waals surface area contributed by atoms with Crippen molar-refractivity contribution in [1.29, 1.82) is 0 Å². The van der Waals surface area contributed by atoms with Crippen LogP contribution in [0, 0.1) is 0 Å². The van der Waals surface area contributed by atoms with E-state index in [0.717, 1.165) is 28.4 Å². The third-order valence-corrected chi connectivity index (χ3v) is 6.61. The number of allylic oxidation sites excluding steroid dienone is 3. The van der Waals surface area contributed by atoms with Crippen LogP contribution in [0.2, 0.25) is 0 Å². The van der Waals surface area contributed by atoms with Gasteiger partial charge in [0.25, 0.3) is 5.91 Å². The summed E-state index contributed by atoms with van der Waals surface area (Å²) in [6.45, 7) is 7.93. The Bertz CT molecular complexity index is 1230. The Morgan fingerprint density at radius 1 is 1.23 bits per heavy atom. The highest BCUT2D eigenvalue weighted by Gasteiger charge is 2.23. The predicted octanol–water partition coefficient (Wildman–Crippen LogP) is 3.67. The van der Waals surface area contributed by atoms with E-state index in [2.05, 4.69) is 5.32 Å². The molecule has 0 spiro atoms. The molecule has 160 valence electrons. The minimum Gasteiger partial charge on any atom is -0.350 e. The maximum Gasteiger partial charge on any atom is 0.253 e. The first kappa shape index (κ1) is 22.0. The average molecular weight is 429 g/mol. The molecule has 0 radical (unpaired) electrons. The molecule has 3 rings (SSSR count). The van der Waals surface area contributed by atoms with Gasteiger partial charge in [0.1, 0.15) is 0 Å². The second kappa shape index (κ2) is 7.87. The molecule has 0 aliphatic heterocycles. The van der Waals surface area contributed by atoms with Crippen LogP contribution in [0.4, 0.5) is 0 Å². The number of carbonyl (C=O) groups is 2. The molecule has 30 heavy (non-hydrogen) atoms. The number of fused-ring (bicyclic) bond motifs is 1. The van der Waals surface area contributed by atoms with Crippen molar-refractivity contribution < 1.29 is 18.0 Å². The fourth-order valence-electron chi connectivity index (χ4n) is 3.99. The monoisotopic (exact) mass is 428 g/mol. The summed E-state index contributed by atoms with van der Waals surface area (Å²) in [7, 11) is -1.66. The molecule has 0 saturated carbocycles. The fourth-order valence-corrected chi connectivity index (χ4v) is 4.65. The van der Waals surface area contributed by atoms with Crippen molar-refractivity contribution >= 4 is 32.4 Å². The van der Waals surface area contributed by atoms with Crippen molar-refractivity contribution in [2.75, 3.05) is 12.8 Å². The van der Waals surface area contributed by atoms with Gasteiger partial charge in [0.15, 0.2) is 15.6 Å². The molecule has 0 saturated heterocycles. The van der Waals surface area contributed by atoms with Crippen LogP contribution in [-0.2, 0) is 21.7 Å². The number of Topliss-reactive ketones (excluding diaryl/α,β-unsaturated/α-hetero) is 1. The van der Waals surface area contributed by atoms with E-state index in [0.29, 0.717) is 17.5 Å². The summed E-state index contributed by atoms with van der Waals surface area (Å²) >= 11 is 0. The third-order valence-electron chi connectivity index (χ3n) is 5.52. The fraction of sp³-hybridized carbons (Fsp3) is 0.391. The second-order valence-corrected chi connectivity index (χ2v) is 10.4. The molecule has 7 heteroatoms. The Kier molecular flexibility index (Phi) is 5.78. The summed E-state index contributed by atoms with van der Waals surface area (Å²) in [5.41, 5.74) is 4.38. The molecule has 1 aromatic heterocycles.